The van der Waals surface area contributed by atoms with E-state index < -0.39 is 33.9 Å². The fraction of sp³-hybridized carbons (Fsp3) is 0.625. The zero-order valence-electron chi connectivity index (χ0n) is 13.7. The molecule has 24 heavy (non-hydrogen) atoms. The van der Waals surface area contributed by atoms with Crippen LogP contribution in [0.15, 0.2) is 17.0 Å². The Labute approximate surface area is 140 Å². The maximum atomic E-state index is 14.6. The average molecular weight is 362 g/mol. The molecule has 3 rings (SSSR count). The Morgan fingerprint density at radius 3 is 2.54 bits per heavy atom. The molecule has 0 aliphatic carbocycles. The summed E-state index contributed by atoms with van der Waals surface area (Å²) in [7, 11) is -3.14. The molecule has 2 heterocycles. The van der Waals surface area contributed by atoms with Crippen LogP contribution in [0.25, 0.3) is 0 Å². The number of fused-ring (bicyclic) bond motifs is 1. The predicted molar refractivity (Wildman–Crippen MR) is 86.0 cm³/mol. The number of ether oxygens (including phenoxy) is 1. The summed E-state index contributed by atoms with van der Waals surface area (Å²) in [6.45, 7) is 1.76. The number of benzene rings is 1. The second-order valence-electron chi connectivity index (χ2n) is 6.64. The Morgan fingerprint density at radius 1 is 1.33 bits per heavy atom. The standard InChI is InChI=1S/C16H21F3N2O2S/c1-10-15-13(17)7-12(24(2,20)22)8-14(15)21(9-16(10,18)19)11-3-5-23-6-4-11/h7-8,10-11,20H,3-6,9H2,1-2H3/t10-,24-/m0/s1. The van der Waals surface area contributed by atoms with Gasteiger partial charge >= 0.3 is 0 Å². The predicted octanol–water partition coefficient (Wildman–Crippen LogP) is 3.60. The fourth-order valence-electron chi connectivity index (χ4n) is 3.45. The summed E-state index contributed by atoms with van der Waals surface area (Å²) in [6, 6.07) is 2.24. The Bertz CT molecular complexity index is 746. The van der Waals surface area contributed by atoms with Crippen LogP contribution in [0, 0.1) is 10.6 Å². The lowest BCUT2D eigenvalue weighted by Gasteiger charge is -2.45. The molecule has 1 N–H and O–H groups in total. The molecule has 0 amide bonds. The minimum absolute atomic E-state index is 0.0354. The molecule has 0 unspecified atom stereocenters. The van der Waals surface area contributed by atoms with Gasteiger partial charge in [-0.15, -0.1) is 0 Å². The summed E-state index contributed by atoms with van der Waals surface area (Å²) in [4.78, 5) is 1.56. The smallest absolute Gasteiger partial charge is 0.271 e. The molecule has 0 spiro atoms. The van der Waals surface area contributed by atoms with E-state index in [2.05, 4.69) is 0 Å². The molecule has 0 saturated carbocycles. The topological polar surface area (TPSA) is 53.4 Å². The first-order chi connectivity index (χ1) is 11.1. The minimum Gasteiger partial charge on any atom is -0.381 e. The largest absolute Gasteiger partial charge is 0.381 e. The molecule has 4 nitrogen and oxygen atoms in total. The highest BCUT2D eigenvalue weighted by Gasteiger charge is 2.48. The van der Waals surface area contributed by atoms with Crippen molar-refractivity contribution in [3.05, 3.63) is 23.5 Å². The van der Waals surface area contributed by atoms with E-state index >= 15 is 0 Å². The van der Waals surface area contributed by atoms with Crippen LogP contribution in [0.1, 0.15) is 31.2 Å². The Balaban J connectivity index is 2.16. The van der Waals surface area contributed by atoms with E-state index in [1.807, 2.05) is 0 Å². The van der Waals surface area contributed by atoms with Crippen molar-refractivity contribution in [2.45, 2.75) is 42.5 Å². The van der Waals surface area contributed by atoms with Crippen molar-refractivity contribution in [2.75, 3.05) is 30.9 Å². The normalized spacial score (nSPS) is 26.7. The van der Waals surface area contributed by atoms with Crippen LogP contribution in [0.4, 0.5) is 18.9 Å². The van der Waals surface area contributed by atoms with E-state index in [4.69, 9.17) is 9.52 Å². The maximum Gasteiger partial charge on any atom is 0.271 e. The zero-order chi connectivity index (χ0) is 17.7. The van der Waals surface area contributed by atoms with Gasteiger partial charge in [0.2, 0.25) is 0 Å². The van der Waals surface area contributed by atoms with Gasteiger partial charge in [0.25, 0.3) is 5.92 Å². The van der Waals surface area contributed by atoms with Gasteiger partial charge in [-0.3, -0.25) is 0 Å². The molecule has 2 atom stereocenters. The van der Waals surface area contributed by atoms with Gasteiger partial charge in [0.1, 0.15) is 5.82 Å². The van der Waals surface area contributed by atoms with Gasteiger partial charge in [-0.05, 0) is 25.0 Å². The van der Waals surface area contributed by atoms with Gasteiger partial charge < -0.3 is 9.64 Å². The lowest BCUT2D eigenvalue weighted by Crippen LogP contribution is -2.51. The Kier molecular flexibility index (Phi) is 4.32. The first-order valence-electron chi connectivity index (χ1n) is 7.90. The molecule has 2 aliphatic rings. The van der Waals surface area contributed by atoms with Crippen LogP contribution >= 0.6 is 0 Å². The highest BCUT2D eigenvalue weighted by Crippen LogP contribution is 2.47. The molecule has 0 aromatic heterocycles. The molecular formula is C16H21F3N2O2S. The summed E-state index contributed by atoms with van der Waals surface area (Å²) in [6.07, 6.45) is 2.37. The van der Waals surface area contributed by atoms with Crippen LogP contribution in [-0.2, 0) is 14.5 Å². The molecule has 8 heteroatoms. The molecule has 1 aromatic carbocycles. The van der Waals surface area contributed by atoms with Gasteiger partial charge in [0.05, 0.1) is 27.1 Å². The first-order valence-corrected chi connectivity index (χ1v) is 9.87. The quantitative estimate of drug-likeness (QED) is 0.875. The van der Waals surface area contributed by atoms with E-state index in [1.165, 1.54) is 24.1 Å². The van der Waals surface area contributed by atoms with Crippen molar-refractivity contribution >= 4 is 15.4 Å². The average Bonchev–Trinajstić information content (AvgIpc) is 2.50. The molecule has 1 saturated heterocycles. The van der Waals surface area contributed by atoms with Crippen molar-refractivity contribution < 1.29 is 22.1 Å². The summed E-state index contributed by atoms with van der Waals surface area (Å²) in [5, 5.41) is 0. The summed E-state index contributed by atoms with van der Waals surface area (Å²) >= 11 is 0. The first kappa shape index (κ1) is 17.5. The van der Waals surface area contributed by atoms with Gasteiger partial charge in [0, 0.05) is 36.8 Å². The van der Waals surface area contributed by atoms with Crippen LogP contribution in [-0.4, -0.2) is 42.2 Å². The fourth-order valence-corrected chi connectivity index (χ4v) is 4.12. The number of rotatable bonds is 2. The van der Waals surface area contributed by atoms with Gasteiger partial charge in [0.15, 0.2) is 0 Å². The van der Waals surface area contributed by atoms with Crippen molar-refractivity contribution in [3.63, 3.8) is 0 Å². The van der Waals surface area contributed by atoms with Crippen molar-refractivity contribution in [3.8, 4) is 0 Å². The number of halogens is 3. The van der Waals surface area contributed by atoms with Crippen LogP contribution < -0.4 is 4.90 Å². The van der Waals surface area contributed by atoms with Crippen LogP contribution in [0.2, 0.25) is 0 Å². The Hall–Kier alpha value is -1.28. The second kappa shape index (κ2) is 5.91. The third-order valence-corrected chi connectivity index (χ3v) is 6.05. The number of alkyl halides is 2. The van der Waals surface area contributed by atoms with Crippen LogP contribution in [0.5, 0.6) is 0 Å². The van der Waals surface area contributed by atoms with Gasteiger partial charge in [-0.25, -0.2) is 22.2 Å². The molecular weight excluding hydrogens is 341 g/mol. The number of anilines is 1. The SMILES string of the molecule is C[C@H]1c2c(F)cc([S@@](C)(=N)=O)cc2N(C2CCOCC2)CC1(F)F. The number of hydrogen-bond acceptors (Lipinski definition) is 4. The molecule has 0 radical (unpaired) electrons. The van der Waals surface area contributed by atoms with Crippen molar-refractivity contribution in [1.82, 2.24) is 0 Å². The van der Waals surface area contributed by atoms with E-state index in [0.29, 0.717) is 31.7 Å². The monoisotopic (exact) mass is 362 g/mol. The highest BCUT2D eigenvalue weighted by molar-refractivity contribution is 7.91. The lowest BCUT2D eigenvalue weighted by molar-refractivity contribution is -0.0250. The van der Waals surface area contributed by atoms with Crippen LogP contribution in [0.3, 0.4) is 0 Å². The minimum atomic E-state index is -3.14. The molecule has 1 aromatic rings. The molecule has 2 aliphatic heterocycles. The summed E-state index contributed by atoms with van der Waals surface area (Å²) in [5.41, 5.74) is 0.294. The summed E-state index contributed by atoms with van der Waals surface area (Å²) in [5.74, 6) is -5.13. The third-order valence-electron chi connectivity index (χ3n) is 4.92. The zero-order valence-corrected chi connectivity index (χ0v) is 14.5. The molecule has 134 valence electrons. The maximum absolute atomic E-state index is 14.6. The van der Waals surface area contributed by atoms with Gasteiger partial charge in [-0.1, -0.05) is 6.92 Å². The molecule has 1 fully saturated rings. The van der Waals surface area contributed by atoms with E-state index in [0.717, 1.165) is 6.07 Å². The van der Waals surface area contributed by atoms with Crippen molar-refractivity contribution in [2.24, 2.45) is 0 Å². The van der Waals surface area contributed by atoms with Gasteiger partial charge in [-0.2, -0.15) is 0 Å². The third kappa shape index (κ3) is 3.01. The molecule has 0 bridgehead atoms. The summed E-state index contributed by atoms with van der Waals surface area (Å²) < 4.78 is 68.5. The Morgan fingerprint density at radius 2 is 1.96 bits per heavy atom. The van der Waals surface area contributed by atoms with E-state index in [1.54, 1.807) is 0 Å². The number of nitrogens with one attached hydrogen (secondary N) is 1. The van der Waals surface area contributed by atoms with Crippen molar-refractivity contribution in [1.29, 1.82) is 4.78 Å². The lowest BCUT2D eigenvalue weighted by atomic mass is 9.86. The number of hydrogen-bond donors (Lipinski definition) is 1. The second-order valence-corrected chi connectivity index (χ2v) is 8.79. The number of nitrogens with zero attached hydrogens (tertiary/aromatic N) is 1. The van der Waals surface area contributed by atoms with E-state index in [9.17, 15) is 17.4 Å². The highest BCUT2D eigenvalue weighted by atomic mass is 32.2. The van der Waals surface area contributed by atoms with E-state index in [-0.39, 0.29) is 16.5 Å².